The lowest BCUT2D eigenvalue weighted by atomic mass is 9.66. The molecule has 0 unspecified atom stereocenters. The number of benzene rings is 1. The van der Waals surface area contributed by atoms with Gasteiger partial charge in [-0.1, -0.05) is 18.6 Å². The maximum Gasteiger partial charge on any atom is 0.573 e. The van der Waals surface area contributed by atoms with Crippen LogP contribution in [-0.2, 0) is 6.42 Å². The van der Waals surface area contributed by atoms with Gasteiger partial charge in [-0.3, -0.25) is 0 Å². The van der Waals surface area contributed by atoms with Gasteiger partial charge in [0, 0.05) is 6.61 Å². The number of hydrogen-bond acceptors (Lipinski definition) is 2. The van der Waals surface area contributed by atoms with E-state index in [-0.39, 0.29) is 17.8 Å². The number of hydrogen-bond donors (Lipinski definition) is 1. The van der Waals surface area contributed by atoms with Gasteiger partial charge in [-0.2, -0.15) is 0 Å². The fourth-order valence-corrected chi connectivity index (χ4v) is 2.31. The first-order chi connectivity index (χ1) is 8.42. The lowest BCUT2D eigenvalue weighted by Gasteiger charge is -2.40. The number of rotatable bonds is 4. The molecule has 0 amide bonds. The molecular formula is C13H15F3O2. The molecule has 0 radical (unpaired) electrons. The van der Waals surface area contributed by atoms with Crippen LogP contribution in [0.15, 0.2) is 24.3 Å². The highest BCUT2D eigenvalue weighted by atomic mass is 19.4. The predicted octanol–water partition coefficient (Wildman–Crippen LogP) is 3.29. The van der Waals surface area contributed by atoms with Crippen molar-refractivity contribution >= 4 is 0 Å². The van der Waals surface area contributed by atoms with Gasteiger partial charge in [-0.25, -0.2) is 0 Å². The Hall–Kier alpha value is -1.23. The van der Waals surface area contributed by atoms with Crippen molar-refractivity contribution in [1.29, 1.82) is 0 Å². The zero-order valence-electron chi connectivity index (χ0n) is 9.83. The van der Waals surface area contributed by atoms with Gasteiger partial charge in [0.2, 0.25) is 0 Å². The third kappa shape index (κ3) is 3.16. The summed E-state index contributed by atoms with van der Waals surface area (Å²) in [6, 6.07) is 5.87. The molecule has 1 N–H and O–H groups in total. The maximum absolute atomic E-state index is 12.0. The third-order valence-electron chi connectivity index (χ3n) is 3.49. The normalized spacial score (nSPS) is 18.2. The lowest BCUT2D eigenvalue weighted by molar-refractivity contribution is -0.274. The lowest BCUT2D eigenvalue weighted by Crippen LogP contribution is -2.35. The largest absolute Gasteiger partial charge is 0.573 e. The molecule has 2 rings (SSSR count). The van der Waals surface area contributed by atoms with E-state index in [0.717, 1.165) is 24.8 Å². The number of alkyl halides is 3. The number of aliphatic hydroxyl groups is 1. The number of halogens is 3. The van der Waals surface area contributed by atoms with E-state index in [9.17, 15) is 18.3 Å². The Bertz CT molecular complexity index is 388. The molecule has 2 nitrogen and oxygen atoms in total. The first kappa shape index (κ1) is 13.2. The predicted molar refractivity (Wildman–Crippen MR) is 60.2 cm³/mol. The summed E-state index contributed by atoms with van der Waals surface area (Å²) >= 11 is 0. The minimum atomic E-state index is -4.65. The molecule has 0 saturated heterocycles. The second kappa shape index (κ2) is 4.80. The summed E-state index contributed by atoms with van der Waals surface area (Å²) in [5.74, 6) is -0.210. The van der Waals surface area contributed by atoms with Crippen molar-refractivity contribution in [2.24, 2.45) is 5.41 Å². The minimum absolute atomic E-state index is 0.0631. The van der Waals surface area contributed by atoms with Gasteiger partial charge in [-0.15, -0.1) is 13.2 Å². The van der Waals surface area contributed by atoms with Crippen molar-refractivity contribution in [1.82, 2.24) is 0 Å². The van der Waals surface area contributed by atoms with E-state index in [1.165, 1.54) is 12.1 Å². The minimum Gasteiger partial charge on any atom is -0.406 e. The highest BCUT2D eigenvalue weighted by molar-refractivity contribution is 5.28. The van der Waals surface area contributed by atoms with Gasteiger partial charge >= 0.3 is 6.36 Å². The van der Waals surface area contributed by atoms with Crippen LogP contribution >= 0.6 is 0 Å². The molecular weight excluding hydrogens is 245 g/mol. The highest BCUT2D eigenvalue weighted by Gasteiger charge is 2.36. The summed E-state index contributed by atoms with van der Waals surface area (Å²) in [6.45, 7) is 0.133. The van der Waals surface area contributed by atoms with E-state index in [2.05, 4.69) is 4.74 Å². The molecule has 1 aromatic rings. The molecule has 18 heavy (non-hydrogen) atoms. The van der Waals surface area contributed by atoms with Gasteiger partial charge in [0.1, 0.15) is 5.75 Å². The SMILES string of the molecule is OCC1(Cc2ccc(OC(F)(F)F)cc2)CCC1. The van der Waals surface area contributed by atoms with E-state index in [1.54, 1.807) is 12.1 Å². The molecule has 1 aliphatic carbocycles. The molecule has 0 spiro atoms. The van der Waals surface area contributed by atoms with Crippen LogP contribution in [0.4, 0.5) is 13.2 Å². The molecule has 1 aliphatic rings. The van der Waals surface area contributed by atoms with Gasteiger partial charge in [0.15, 0.2) is 0 Å². The van der Waals surface area contributed by atoms with Crippen molar-refractivity contribution in [3.63, 3.8) is 0 Å². The Morgan fingerprint density at radius 3 is 2.17 bits per heavy atom. The Morgan fingerprint density at radius 1 is 1.17 bits per heavy atom. The monoisotopic (exact) mass is 260 g/mol. The Labute approximate surface area is 103 Å². The van der Waals surface area contributed by atoms with Crippen molar-refractivity contribution in [2.45, 2.75) is 32.0 Å². The van der Waals surface area contributed by atoms with Crippen LogP contribution in [0.3, 0.4) is 0 Å². The van der Waals surface area contributed by atoms with Gasteiger partial charge in [0.05, 0.1) is 0 Å². The van der Waals surface area contributed by atoms with Crippen molar-refractivity contribution < 1.29 is 23.0 Å². The first-order valence-corrected chi connectivity index (χ1v) is 5.88. The van der Waals surface area contributed by atoms with E-state index in [4.69, 9.17) is 0 Å². The zero-order chi connectivity index (χ0) is 13.2. The van der Waals surface area contributed by atoms with Crippen LogP contribution in [0.1, 0.15) is 24.8 Å². The highest BCUT2D eigenvalue weighted by Crippen LogP contribution is 2.43. The molecule has 0 aliphatic heterocycles. The van der Waals surface area contributed by atoms with E-state index >= 15 is 0 Å². The molecule has 1 saturated carbocycles. The molecule has 0 heterocycles. The summed E-state index contributed by atoms with van der Waals surface area (Å²) in [5.41, 5.74) is 0.866. The first-order valence-electron chi connectivity index (χ1n) is 5.88. The van der Waals surface area contributed by atoms with E-state index in [0.29, 0.717) is 6.42 Å². The van der Waals surface area contributed by atoms with Crippen molar-refractivity contribution in [2.75, 3.05) is 6.61 Å². The summed E-state index contributed by atoms with van der Waals surface area (Å²) in [4.78, 5) is 0. The summed E-state index contributed by atoms with van der Waals surface area (Å²) in [7, 11) is 0. The Kier molecular flexibility index (Phi) is 3.52. The summed E-state index contributed by atoms with van der Waals surface area (Å²) < 4.78 is 39.7. The maximum atomic E-state index is 12.0. The van der Waals surface area contributed by atoms with Crippen LogP contribution in [0.5, 0.6) is 5.75 Å². The van der Waals surface area contributed by atoms with Crippen molar-refractivity contribution in [3.05, 3.63) is 29.8 Å². The van der Waals surface area contributed by atoms with Crippen LogP contribution < -0.4 is 4.74 Å². The standard InChI is InChI=1S/C13H15F3O2/c14-13(15,16)18-11-4-2-10(3-5-11)8-12(9-17)6-1-7-12/h2-5,17H,1,6-9H2. The van der Waals surface area contributed by atoms with E-state index in [1.807, 2.05) is 0 Å². The van der Waals surface area contributed by atoms with Crippen LogP contribution in [-0.4, -0.2) is 18.1 Å². The van der Waals surface area contributed by atoms with Crippen molar-refractivity contribution in [3.8, 4) is 5.75 Å². The smallest absolute Gasteiger partial charge is 0.406 e. The average Bonchev–Trinajstić information content (AvgIpc) is 2.24. The van der Waals surface area contributed by atoms with Crippen LogP contribution in [0.2, 0.25) is 0 Å². The molecule has 5 heteroatoms. The summed E-state index contributed by atoms with van der Waals surface area (Å²) in [5, 5.41) is 9.33. The molecule has 100 valence electrons. The third-order valence-corrected chi connectivity index (χ3v) is 3.49. The van der Waals surface area contributed by atoms with Gasteiger partial charge in [-0.05, 0) is 42.4 Å². The number of ether oxygens (including phenoxy) is 1. The second-order valence-corrected chi connectivity index (χ2v) is 4.88. The molecule has 1 fully saturated rings. The van der Waals surface area contributed by atoms with Gasteiger partial charge in [0.25, 0.3) is 0 Å². The molecule has 1 aromatic carbocycles. The summed E-state index contributed by atoms with van der Waals surface area (Å²) in [6.07, 6.45) is -0.887. The second-order valence-electron chi connectivity index (χ2n) is 4.88. The molecule has 0 bridgehead atoms. The quantitative estimate of drug-likeness (QED) is 0.900. The number of aliphatic hydroxyl groups excluding tert-OH is 1. The fraction of sp³-hybridized carbons (Fsp3) is 0.538. The average molecular weight is 260 g/mol. The van der Waals surface area contributed by atoms with Crippen LogP contribution in [0.25, 0.3) is 0 Å². The fourth-order valence-electron chi connectivity index (χ4n) is 2.31. The van der Waals surface area contributed by atoms with Crippen LogP contribution in [0, 0.1) is 5.41 Å². The Balaban J connectivity index is 1.99. The molecule has 0 aromatic heterocycles. The topological polar surface area (TPSA) is 29.5 Å². The van der Waals surface area contributed by atoms with E-state index < -0.39 is 6.36 Å². The molecule has 0 atom stereocenters. The van der Waals surface area contributed by atoms with Gasteiger partial charge < -0.3 is 9.84 Å². The Morgan fingerprint density at radius 2 is 1.78 bits per heavy atom. The zero-order valence-corrected chi connectivity index (χ0v) is 9.83.